The number of benzene rings is 1. The quantitative estimate of drug-likeness (QED) is 0.802. The molecule has 4 rings (SSSR count). The van der Waals surface area contributed by atoms with Crippen molar-refractivity contribution in [2.24, 2.45) is 10.2 Å². The fourth-order valence-corrected chi connectivity index (χ4v) is 3.57. The van der Waals surface area contributed by atoms with Crippen molar-refractivity contribution in [2.75, 3.05) is 26.3 Å². The van der Waals surface area contributed by atoms with E-state index >= 15 is 0 Å². The molecule has 0 saturated carbocycles. The molecule has 0 spiro atoms. The monoisotopic (exact) mass is 323 g/mol. The van der Waals surface area contributed by atoms with Crippen molar-refractivity contribution in [1.82, 2.24) is 4.90 Å². The van der Waals surface area contributed by atoms with E-state index in [0.29, 0.717) is 6.42 Å². The van der Waals surface area contributed by atoms with Gasteiger partial charge in [0.15, 0.2) is 5.78 Å². The number of hydrogen-bond donors (Lipinski definition) is 0. The molecule has 0 atom stereocenters. The van der Waals surface area contributed by atoms with Crippen LogP contribution in [0.4, 0.5) is 0 Å². The molecule has 3 aliphatic rings. The van der Waals surface area contributed by atoms with E-state index in [1.54, 1.807) is 0 Å². The van der Waals surface area contributed by atoms with Crippen LogP contribution in [0.15, 0.2) is 34.5 Å². The smallest absolute Gasteiger partial charge is 0.167 e. The van der Waals surface area contributed by atoms with Gasteiger partial charge >= 0.3 is 0 Å². The normalized spacial score (nSPS) is 22.7. The van der Waals surface area contributed by atoms with Gasteiger partial charge in [-0.3, -0.25) is 9.69 Å². The fraction of sp³-hybridized carbons (Fsp3) is 0.421. The van der Waals surface area contributed by atoms with E-state index in [4.69, 9.17) is 4.74 Å². The molecule has 1 saturated heterocycles. The van der Waals surface area contributed by atoms with E-state index < -0.39 is 0 Å². The van der Waals surface area contributed by atoms with Crippen LogP contribution in [0, 0.1) is 0 Å². The Labute approximate surface area is 141 Å². The van der Waals surface area contributed by atoms with Crippen molar-refractivity contribution in [3.8, 4) is 0 Å². The summed E-state index contributed by atoms with van der Waals surface area (Å²) >= 11 is 0. The van der Waals surface area contributed by atoms with Crippen LogP contribution in [0.2, 0.25) is 0 Å². The minimum atomic E-state index is 0.187. The third-order valence-corrected chi connectivity index (χ3v) is 4.75. The van der Waals surface area contributed by atoms with Gasteiger partial charge in [-0.1, -0.05) is 18.2 Å². The molecule has 2 aliphatic heterocycles. The Bertz CT molecular complexity index is 771. The zero-order chi connectivity index (χ0) is 16.5. The molecule has 0 amide bonds. The lowest BCUT2D eigenvalue weighted by Crippen LogP contribution is -2.35. The highest BCUT2D eigenvalue weighted by molar-refractivity contribution is 6.30. The van der Waals surface area contributed by atoms with Crippen molar-refractivity contribution in [3.05, 3.63) is 41.0 Å². The predicted octanol–water partition coefficient (Wildman–Crippen LogP) is 2.25. The molecule has 24 heavy (non-hydrogen) atoms. The van der Waals surface area contributed by atoms with E-state index in [0.717, 1.165) is 67.4 Å². The minimum absolute atomic E-state index is 0.187. The van der Waals surface area contributed by atoms with Crippen LogP contribution in [-0.2, 0) is 22.5 Å². The molecule has 5 heteroatoms. The van der Waals surface area contributed by atoms with Gasteiger partial charge in [0.25, 0.3) is 0 Å². The van der Waals surface area contributed by atoms with Crippen molar-refractivity contribution in [3.63, 3.8) is 0 Å². The summed E-state index contributed by atoms with van der Waals surface area (Å²) in [5.41, 5.74) is 6.15. The van der Waals surface area contributed by atoms with Gasteiger partial charge in [0.2, 0.25) is 0 Å². The molecule has 124 valence electrons. The number of ketones is 1. The Morgan fingerprint density at radius 2 is 2.04 bits per heavy atom. The lowest BCUT2D eigenvalue weighted by Gasteiger charge is -2.27. The van der Waals surface area contributed by atoms with Crippen LogP contribution >= 0.6 is 0 Å². The summed E-state index contributed by atoms with van der Waals surface area (Å²) in [7, 11) is 0. The molecule has 0 aromatic heterocycles. The lowest BCUT2D eigenvalue weighted by molar-refractivity contribution is -0.112. The van der Waals surface area contributed by atoms with Crippen LogP contribution in [0.3, 0.4) is 0 Å². The number of morpholine rings is 1. The van der Waals surface area contributed by atoms with Crippen molar-refractivity contribution in [1.29, 1.82) is 0 Å². The highest BCUT2D eigenvalue weighted by atomic mass is 16.5. The third kappa shape index (κ3) is 2.97. The van der Waals surface area contributed by atoms with Crippen molar-refractivity contribution < 1.29 is 9.53 Å². The summed E-state index contributed by atoms with van der Waals surface area (Å²) in [6.07, 6.45) is 3.17. The summed E-state index contributed by atoms with van der Waals surface area (Å²) < 4.78 is 5.43. The summed E-state index contributed by atoms with van der Waals surface area (Å²) in [4.78, 5) is 14.9. The zero-order valence-electron chi connectivity index (χ0n) is 13.9. The van der Waals surface area contributed by atoms with Gasteiger partial charge in [-0.05, 0) is 29.7 Å². The molecule has 1 fully saturated rings. The first kappa shape index (κ1) is 15.4. The van der Waals surface area contributed by atoms with E-state index in [1.807, 2.05) is 13.0 Å². The van der Waals surface area contributed by atoms with Gasteiger partial charge in [-0.2, -0.15) is 10.2 Å². The average Bonchev–Trinajstić information content (AvgIpc) is 3.13. The zero-order valence-corrected chi connectivity index (χ0v) is 13.9. The van der Waals surface area contributed by atoms with Gasteiger partial charge in [0.05, 0.1) is 18.9 Å². The number of hydrogen-bond acceptors (Lipinski definition) is 5. The summed E-state index contributed by atoms with van der Waals surface area (Å²) in [6, 6.07) is 6.26. The number of carbonyl (C=O) groups is 1. The summed E-state index contributed by atoms with van der Waals surface area (Å²) in [6.45, 7) is 6.27. The van der Waals surface area contributed by atoms with Crippen LogP contribution < -0.4 is 0 Å². The Morgan fingerprint density at radius 1 is 1.21 bits per heavy atom. The third-order valence-electron chi connectivity index (χ3n) is 4.75. The summed E-state index contributed by atoms with van der Waals surface area (Å²) in [5.74, 6) is 0.187. The second kappa shape index (κ2) is 6.42. The van der Waals surface area contributed by atoms with Crippen LogP contribution in [-0.4, -0.2) is 48.4 Å². The van der Waals surface area contributed by atoms with E-state index in [2.05, 4.69) is 33.3 Å². The molecule has 1 aromatic carbocycles. The number of rotatable bonds is 3. The Morgan fingerprint density at radius 3 is 2.79 bits per heavy atom. The molecule has 2 heterocycles. The molecule has 0 radical (unpaired) electrons. The second-order valence-corrected chi connectivity index (χ2v) is 6.60. The standard InChI is InChI=1S/C19H21N3O2/c1-13-9-16(21-20-13)11-17-18(23)10-14-3-2-4-15(19(14)17)12-22-5-7-24-8-6-22/h2-4,11H,5-10,12H2,1H3/b17-11+. The highest BCUT2D eigenvalue weighted by Gasteiger charge is 2.28. The lowest BCUT2D eigenvalue weighted by atomic mass is 9.98. The van der Waals surface area contributed by atoms with Crippen LogP contribution in [0.1, 0.15) is 30.0 Å². The van der Waals surface area contributed by atoms with Crippen molar-refractivity contribution >= 4 is 22.8 Å². The second-order valence-electron chi connectivity index (χ2n) is 6.60. The average molecular weight is 323 g/mol. The molecule has 1 aliphatic carbocycles. The number of carbonyl (C=O) groups excluding carboxylic acids is 1. The van der Waals surface area contributed by atoms with E-state index in [1.165, 1.54) is 5.56 Å². The number of allylic oxidation sites excluding steroid dienone is 2. The molecular formula is C19H21N3O2. The van der Waals surface area contributed by atoms with Crippen molar-refractivity contribution in [2.45, 2.75) is 26.3 Å². The Kier molecular flexibility index (Phi) is 4.12. The van der Waals surface area contributed by atoms with Gasteiger partial charge in [-0.25, -0.2) is 0 Å². The van der Waals surface area contributed by atoms with Crippen LogP contribution in [0.5, 0.6) is 0 Å². The number of fused-ring (bicyclic) bond motifs is 1. The first-order valence-electron chi connectivity index (χ1n) is 8.47. The Balaban J connectivity index is 1.66. The molecule has 5 nitrogen and oxygen atoms in total. The molecule has 0 unspecified atom stereocenters. The van der Waals surface area contributed by atoms with E-state index in [9.17, 15) is 4.79 Å². The first-order chi connectivity index (χ1) is 11.7. The maximum absolute atomic E-state index is 12.6. The van der Waals surface area contributed by atoms with Crippen LogP contribution in [0.25, 0.3) is 5.57 Å². The number of Topliss-reactive ketones (excluding diaryl/α,β-unsaturated/α-hetero) is 1. The molecule has 1 aromatic rings. The van der Waals surface area contributed by atoms with E-state index in [-0.39, 0.29) is 5.78 Å². The molecular weight excluding hydrogens is 302 g/mol. The maximum Gasteiger partial charge on any atom is 0.167 e. The fourth-order valence-electron chi connectivity index (χ4n) is 3.57. The van der Waals surface area contributed by atoms with Gasteiger partial charge < -0.3 is 4.74 Å². The van der Waals surface area contributed by atoms with Gasteiger partial charge in [0.1, 0.15) is 0 Å². The van der Waals surface area contributed by atoms with Gasteiger partial charge in [0, 0.05) is 43.8 Å². The topological polar surface area (TPSA) is 54.3 Å². The number of nitrogens with zero attached hydrogens (tertiary/aromatic N) is 3. The van der Waals surface area contributed by atoms with Gasteiger partial charge in [-0.15, -0.1) is 0 Å². The SMILES string of the molecule is CC1=NN=C(/C=C2\C(=O)Cc3cccc(CN4CCOCC4)c32)C1. The predicted molar refractivity (Wildman–Crippen MR) is 94.4 cm³/mol. The number of ether oxygens (including phenoxy) is 1. The molecule has 0 bridgehead atoms. The first-order valence-corrected chi connectivity index (χ1v) is 8.47. The summed E-state index contributed by atoms with van der Waals surface area (Å²) in [5, 5.41) is 8.27. The maximum atomic E-state index is 12.6. The largest absolute Gasteiger partial charge is 0.379 e. The minimum Gasteiger partial charge on any atom is -0.379 e. The highest BCUT2D eigenvalue weighted by Crippen LogP contribution is 2.33. The Hall–Kier alpha value is -2.11. The molecule has 0 N–H and O–H groups in total.